The number of nitrogens with two attached hydrogens (primary N) is 1. The fraction of sp³-hybridized carbons (Fsp3) is 0.500. The number of hydrogen-bond donors (Lipinski definition) is 1. The smallest absolute Gasteiger partial charge is 0.132 e. The van der Waals surface area contributed by atoms with Gasteiger partial charge in [-0.25, -0.2) is 9.97 Å². The molecule has 106 valence electrons. The normalized spacial score (nSPS) is 18.1. The van der Waals surface area contributed by atoms with Crippen molar-refractivity contribution >= 4 is 5.82 Å². The molecule has 0 bridgehead atoms. The molecule has 1 saturated carbocycles. The van der Waals surface area contributed by atoms with Crippen molar-refractivity contribution in [1.82, 2.24) is 14.5 Å². The standard InChI is InChI=1S/C16H22N4/c1-16(7-3-2-4-8-16)11-20-12-18-10-14(20)13-6-5-9-19-15(13)17/h5-6,9-10,12H,2-4,7-8,11H2,1H3,(H2,17,19). The first kappa shape index (κ1) is 13.2. The van der Waals surface area contributed by atoms with Gasteiger partial charge in [0.25, 0.3) is 0 Å². The summed E-state index contributed by atoms with van der Waals surface area (Å²) >= 11 is 0. The summed E-state index contributed by atoms with van der Waals surface area (Å²) in [5.41, 5.74) is 8.42. The lowest BCUT2D eigenvalue weighted by molar-refractivity contribution is 0.184. The summed E-state index contributed by atoms with van der Waals surface area (Å²) in [7, 11) is 0. The second-order valence-corrected chi connectivity index (χ2v) is 6.21. The molecule has 0 radical (unpaired) electrons. The zero-order valence-corrected chi connectivity index (χ0v) is 12.0. The molecule has 0 aliphatic heterocycles. The van der Waals surface area contributed by atoms with E-state index in [9.17, 15) is 0 Å². The minimum atomic E-state index is 0.380. The molecule has 0 spiro atoms. The lowest BCUT2D eigenvalue weighted by Gasteiger charge is -2.34. The van der Waals surface area contributed by atoms with Gasteiger partial charge in [-0.2, -0.15) is 0 Å². The first-order valence-corrected chi connectivity index (χ1v) is 7.39. The zero-order valence-electron chi connectivity index (χ0n) is 12.0. The largest absolute Gasteiger partial charge is 0.383 e. The summed E-state index contributed by atoms with van der Waals surface area (Å²) in [6.45, 7) is 3.40. The SMILES string of the molecule is CC1(Cn2cncc2-c2cccnc2N)CCCCC1. The predicted octanol–water partition coefficient (Wildman–Crippen LogP) is 3.50. The van der Waals surface area contributed by atoms with Gasteiger partial charge in [-0.15, -0.1) is 0 Å². The molecular weight excluding hydrogens is 248 g/mol. The molecule has 1 fully saturated rings. The van der Waals surface area contributed by atoms with Crippen molar-refractivity contribution in [2.24, 2.45) is 5.41 Å². The van der Waals surface area contributed by atoms with E-state index < -0.39 is 0 Å². The maximum absolute atomic E-state index is 5.99. The van der Waals surface area contributed by atoms with Crippen LogP contribution < -0.4 is 5.73 Å². The first-order valence-electron chi connectivity index (χ1n) is 7.39. The Morgan fingerprint density at radius 2 is 2.10 bits per heavy atom. The number of pyridine rings is 1. The molecule has 20 heavy (non-hydrogen) atoms. The van der Waals surface area contributed by atoms with Gasteiger partial charge in [-0.3, -0.25) is 0 Å². The lowest BCUT2D eigenvalue weighted by Crippen LogP contribution is -2.26. The van der Waals surface area contributed by atoms with Crippen LogP contribution in [0.15, 0.2) is 30.9 Å². The summed E-state index contributed by atoms with van der Waals surface area (Å²) in [6.07, 6.45) is 12.2. The third-order valence-corrected chi connectivity index (χ3v) is 4.44. The number of anilines is 1. The molecule has 4 heteroatoms. The van der Waals surface area contributed by atoms with Gasteiger partial charge < -0.3 is 10.3 Å². The Balaban J connectivity index is 1.89. The third kappa shape index (κ3) is 2.55. The van der Waals surface area contributed by atoms with Crippen molar-refractivity contribution in [2.45, 2.75) is 45.6 Å². The van der Waals surface area contributed by atoms with E-state index >= 15 is 0 Å². The van der Waals surface area contributed by atoms with Gasteiger partial charge >= 0.3 is 0 Å². The molecule has 3 rings (SSSR count). The van der Waals surface area contributed by atoms with E-state index in [-0.39, 0.29) is 0 Å². The van der Waals surface area contributed by atoms with Gasteiger partial charge in [-0.05, 0) is 30.4 Å². The summed E-state index contributed by atoms with van der Waals surface area (Å²) < 4.78 is 2.23. The molecule has 2 heterocycles. The first-order chi connectivity index (χ1) is 9.68. The van der Waals surface area contributed by atoms with E-state index in [2.05, 4.69) is 21.5 Å². The Morgan fingerprint density at radius 1 is 1.30 bits per heavy atom. The minimum Gasteiger partial charge on any atom is -0.383 e. The second kappa shape index (κ2) is 5.27. The average molecular weight is 270 g/mol. The molecule has 0 amide bonds. The van der Waals surface area contributed by atoms with Crippen molar-refractivity contribution in [3.05, 3.63) is 30.9 Å². The maximum Gasteiger partial charge on any atom is 0.132 e. The highest BCUT2D eigenvalue weighted by Crippen LogP contribution is 2.38. The van der Waals surface area contributed by atoms with Gasteiger partial charge in [0.1, 0.15) is 5.82 Å². The highest BCUT2D eigenvalue weighted by Gasteiger charge is 2.28. The third-order valence-electron chi connectivity index (χ3n) is 4.44. The van der Waals surface area contributed by atoms with Gasteiger partial charge in [0.05, 0.1) is 18.2 Å². The van der Waals surface area contributed by atoms with Gasteiger partial charge in [0.15, 0.2) is 0 Å². The van der Waals surface area contributed by atoms with Crippen molar-refractivity contribution in [3.63, 3.8) is 0 Å². The Morgan fingerprint density at radius 3 is 2.85 bits per heavy atom. The average Bonchev–Trinajstić information content (AvgIpc) is 2.87. The summed E-state index contributed by atoms with van der Waals surface area (Å²) in [4.78, 5) is 8.49. The molecule has 1 aliphatic carbocycles. The van der Waals surface area contributed by atoms with E-state index in [0.717, 1.165) is 17.8 Å². The Hall–Kier alpha value is -1.84. The van der Waals surface area contributed by atoms with E-state index in [1.54, 1.807) is 6.20 Å². The van der Waals surface area contributed by atoms with E-state index in [0.29, 0.717) is 11.2 Å². The van der Waals surface area contributed by atoms with Crippen molar-refractivity contribution in [3.8, 4) is 11.3 Å². The molecule has 0 aromatic carbocycles. The van der Waals surface area contributed by atoms with E-state index in [1.807, 2.05) is 24.7 Å². The van der Waals surface area contributed by atoms with E-state index in [1.165, 1.54) is 32.1 Å². The highest BCUT2D eigenvalue weighted by atomic mass is 15.1. The highest BCUT2D eigenvalue weighted by molar-refractivity contribution is 5.70. The molecule has 2 aromatic rings. The van der Waals surface area contributed by atoms with Crippen molar-refractivity contribution in [2.75, 3.05) is 5.73 Å². The molecule has 1 aliphatic rings. The maximum atomic E-state index is 5.99. The molecule has 2 N–H and O–H groups in total. The van der Waals surface area contributed by atoms with Crippen LogP contribution in [-0.2, 0) is 6.54 Å². The lowest BCUT2D eigenvalue weighted by atomic mass is 9.75. The van der Waals surface area contributed by atoms with Crippen LogP contribution in [-0.4, -0.2) is 14.5 Å². The molecular formula is C16H22N4. The van der Waals surface area contributed by atoms with E-state index in [4.69, 9.17) is 5.73 Å². The van der Waals surface area contributed by atoms with Crippen LogP contribution in [0.25, 0.3) is 11.3 Å². The Kier molecular flexibility index (Phi) is 3.47. The number of aromatic nitrogens is 3. The Bertz CT molecular complexity index is 582. The number of hydrogen-bond acceptors (Lipinski definition) is 3. The van der Waals surface area contributed by atoms with Crippen LogP contribution in [0.1, 0.15) is 39.0 Å². The number of imidazole rings is 1. The zero-order chi connectivity index (χ0) is 14.0. The summed E-state index contributed by atoms with van der Waals surface area (Å²) in [6, 6.07) is 3.93. The van der Waals surface area contributed by atoms with Crippen LogP contribution >= 0.6 is 0 Å². The van der Waals surface area contributed by atoms with Crippen LogP contribution in [0.3, 0.4) is 0 Å². The monoisotopic (exact) mass is 270 g/mol. The topological polar surface area (TPSA) is 56.7 Å². The van der Waals surface area contributed by atoms with Crippen molar-refractivity contribution < 1.29 is 0 Å². The van der Waals surface area contributed by atoms with Gasteiger partial charge in [-0.1, -0.05) is 26.2 Å². The molecule has 4 nitrogen and oxygen atoms in total. The summed E-state index contributed by atoms with van der Waals surface area (Å²) in [5.74, 6) is 0.572. The van der Waals surface area contributed by atoms with Crippen LogP contribution in [0, 0.1) is 5.41 Å². The fourth-order valence-corrected chi connectivity index (χ4v) is 3.28. The van der Waals surface area contributed by atoms with Crippen LogP contribution in [0.2, 0.25) is 0 Å². The number of nitrogen functional groups attached to an aromatic ring is 1. The number of rotatable bonds is 3. The van der Waals surface area contributed by atoms with Crippen LogP contribution in [0.4, 0.5) is 5.82 Å². The Labute approximate surface area is 120 Å². The quantitative estimate of drug-likeness (QED) is 0.928. The van der Waals surface area contributed by atoms with Crippen molar-refractivity contribution in [1.29, 1.82) is 0 Å². The molecule has 0 saturated heterocycles. The molecule has 0 atom stereocenters. The van der Waals surface area contributed by atoms with Gasteiger partial charge in [0, 0.05) is 18.3 Å². The molecule has 2 aromatic heterocycles. The second-order valence-electron chi connectivity index (χ2n) is 6.21. The molecule has 0 unspecified atom stereocenters. The van der Waals surface area contributed by atoms with Crippen LogP contribution in [0.5, 0.6) is 0 Å². The number of nitrogens with zero attached hydrogens (tertiary/aromatic N) is 3. The fourth-order valence-electron chi connectivity index (χ4n) is 3.28. The minimum absolute atomic E-state index is 0.380. The summed E-state index contributed by atoms with van der Waals surface area (Å²) in [5, 5.41) is 0. The van der Waals surface area contributed by atoms with Gasteiger partial charge in [0.2, 0.25) is 0 Å². The predicted molar refractivity (Wildman–Crippen MR) is 81.1 cm³/mol.